The molecule has 1 nitrogen and oxygen atoms in total. The van der Waals surface area contributed by atoms with Gasteiger partial charge in [-0.25, -0.2) is 0 Å². The van der Waals surface area contributed by atoms with Crippen LogP contribution in [0.1, 0.15) is 25.7 Å². The van der Waals surface area contributed by atoms with E-state index in [1.807, 2.05) is 0 Å². The number of benzene rings is 1. The van der Waals surface area contributed by atoms with Crippen LogP contribution >= 0.6 is 0 Å². The van der Waals surface area contributed by atoms with E-state index < -0.39 is 0 Å². The second kappa shape index (κ2) is 4.97. The van der Waals surface area contributed by atoms with Gasteiger partial charge in [-0.1, -0.05) is 0 Å². The summed E-state index contributed by atoms with van der Waals surface area (Å²) in [4.78, 5) is 0.554. The first-order valence-corrected chi connectivity index (χ1v) is 7.10. The summed E-state index contributed by atoms with van der Waals surface area (Å²) in [5.74, 6) is 0. The Morgan fingerprint density at radius 1 is 1.07 bits per heavy atom. The van der Waals surface area contributed by atoms with Crippen LogP contribution in [0.2, 0.25) is 4.82 Å². The van der Waals surface area contributed by atoms with Crippen molar-refractivity contribution >= 4 is 19.4 Å². The molecule has 1 aliphatic carbocycles. The predicted molar refractivity (Wildman–Crippen MR) is 60.1 cm³/mol. The van der Waals surface area contributed by atoms with E-state index in [0.717, 1.165) is 6.42 Å². The van der Waals surface area contributed by atoms with Gasteiger partial charge in [0.15, 0.2) is 0 Å². The Kier molecular flexibility index (Phi) is 3.63. The first-order valence-electron chi connectivity index (χ1n) is 5.26. The van der Waals surface area contributed by atoms with Crippen LogP contribution in [-0.4, -0.2) is 26.2 Å². The summed E-state index contributed by atoms with van der Waals surface area (Å²) in [6.45, 7) is 0. The van der Waals surface area contributed by atoms with Gasteiger partial charge < -0.3 is 0 Å². The van der Waals surface area contributed by atoms with Crippen molar-refractivity contribution in [3.63, 3.8) is 0 Å². The van der Waals surface area contributed by atoms with E-state index in [1.54, 1.807) is 0 Å². The first kappa shape index (κ1) is 10.2. The molecule has 0 saturated heterocycles. The van der Waals surface area contributed by atoms with Crippen molar-refractivity contribution in [2.24, 2.45) is 0 Å². The molecule has 1 aliphatic rings. The maximum atomic E-state index is 9.85. The minimum atomic E-state index is -0.0380. The van der Waals surface area contributed by atoms with Crippen molar-refractivity contribution in [3.05, 3.63) is 30.3 Å². The van der Waals surface area contributed by atoms with Crippen LogP contribution in [0, 0.1) is 0 Å². The summed E-state index contributed by atoms with van der Waals surface area (Å²) in [6.07, 6.45) is 4.71. The standard InChI is InChI=1S/C12H16OSe/c13-11-8-4-5-9-12(11)14-10-6-2-1-3-7-10/h1-3,6-7,11-13H,4-5,8-9H2. The Morgan fingerprint density at radius 3 is 2.50 bits per heavy atom. The van der Waals surface area contributed by atoms with E-state index in [0.29, 0.717) is 19.8 Å². The Labute approximate surface area is 91.7 Å². The molecule has 1 saturated carbocycles. The Morgan fingerprint density at radius 2 is 1.79 bits per heavy atom. The Bertz CT molecular complexity index is 273. The molecule has 0 heterocycles. The monoisotopic (exact) mass is 256 g/mol. The summed E-state index contributed by atoms with van der Waals surface area (Å²) in [7, 11) is 0. The summed E-state index contributed by atoms with van der Waals surface area (Å²) >= 11 is 0.459. The molecule has 1 aromatic rings. The van der Waals surface area contributed by atoms with Gasteiger partial charge in [-0.2, -0.15) is 0 Å². The first-order chi connectivity index (χ1) is 6.86. The number of hydrogen-bond acceptors (Lipinski definition) is 1. The van der Waals surface area contributed by atoms with Gasteiger partial charge in [0, 0.05) is 0 Å². The zero-order chi connectivity index (χ0) is 9.80. The fourth-order valence-corrected chi connectivity index (χ4v) is 4.49. The van der Waals surface area contributed by atoms with Crippen LogP contribution in [-0.2, 0) is 0 Å². The molecule has 14 heavy (non-hydrogen) atoms. The number of rotatable bonds is 2. The van der Waals surface area contributed by atoms with Gasteiger partial charge in [0.1, 0.15) is 0 Å². The maximum absolute atomic E-state index is 9.85. The molecule has 1 aromatic carbocycles. The van der Waals surface area contributed by atoms with E-state index >= 15 is 0 Å². The molecule has 2 heteroatoms. The van der Waals surface area contributed by atoms with E-state index in [1.165, 1.54) is 23.7 Å². The second-order valence-corrected chi connectivity index (χ2v) is 6.58. The Hall–Kier alpha value is -0.301. The topological polar surface area (TPSA) is 20.2 Å². The second-order valence-electron chi connectivity index (χ2n) is 3.82. The van der Waals surface area contributed by atoms with Crippen molar-refractivity contribution in [2.75, 3.05) is 0 Å². The molecular weight excluding hydrogens is 239 g/mol. The van der Waals surface area contributed by atoms with Crippen LogP contribution in [0.4, 0.5) is 0 Å². The molecule has 0 bridgehead atoms. The molecule has 1 fully saturated rings. The summed E-state index contributed by atoms with van der Waals surface area (Å²) in [5, 5.41) is 9.85. The van der Waals surface area contributed by atoms with E-state index in [-0.39, 0.29) is 6.10 Å². The molecule has 76 valence electrons. The average Bonchev–Trinajstić information content (AvgIpc) is 2.23. The molecule has 0 spiro atoms. The fourth-order valence-electron chi connectivity index (χ4n) is 1.89. The molecule has 2 rings (SSSR count). The van der Waals surface area contributed by atoms with Crippen LogP contribution < -0.4 is 4.46 Å². The summed E-state index contributed by atoms with van der Waals surface area (Å²) in [5.41, 5.74) is 0. The Balaban J connectivity index is 1.96. The van der Waals surface area contributed by atoms with E-state index in [2.05, 4.69) is 30.3 Å². The number of aliphatic hydroxyl groups is 1. The van der Waals surface area contributed by atoms with Crippen LogP contribution in [0.5, 0.6) is 0 Å². The molecular formula is C12H16OSe. The van der Waals surface area contributed by atoms with Gasteiger partial charge in [0.05, 0.1) is 0 Å². The number of aliphatic hydroxyl groups excluding tert-OH is 1. The van der Waals surface area contributed by atoms with Crippen molar-refractivity contribution in [2.45, 2.75) is 36.6 Å². The number of hydrogen-bond donors (Lipinski definition) is 1. The SMILES string of the molecule is OC1CCCCC1[Se]c1ccccc1. The van der Waals surface area contributed by atoms with Crippen LogP contribution in [0.15, 0.2) is 30.3 Å². The molecule has 0 aromatic heterocycles. The molecule has 2 unspecified atom stereocenters. The van der Waals surface area contributed by atoms with Gasteiger partial charge in [-0.15, -0.1) is 0 Å². The zero-order valence-electron chi connectivity index (χ0n) is 8.23. The molecule has 1 N–H and O–H groups in total. The third-order valence-corrected chi connectivity index (χ3v) is 5.63. The normalized spacial score (nSPS) is 27.5. The van der Waals surface area contributed by atoms with Gasteiger partial charge in [-0.05, 0) is 0 Å². The molecule has 0 aliphatic heterocycles. The molecule has 0 radical (unpaired) electrons. The quantitative estimate of drug-likeness (QED) is 0.798. The molecule has 2 atom stereocenters. The van der Waals surface area contributed by atoms with E-state index in [9.17, 15) is 5.11 Å². The van der Waals surface area contributed by atoms with Gasteiger partial charge in [-0.3, -0.25) is 0 Å². The van der Waals surface area contributed by atoms with Crippen molar-refractivity contribution in [1.29, 1.82) is 0 Å². The third kappa shape index (κ3) is 2.60. The minimum absolute atomic E-state index is 0.0380. The van der Waals surface area contributed by atoms with Gasteiger partial charge >= 0.3 is 91.5 Å². The summed E-state index contributed by atoms with van der Waals surface area (Å²) in [6, 6.07) is 10.6. The molecule has 0 amide bonds. The van der Waals surface area contributed by atoms with Crippen LogP contribution in [0.3, 0.4) is 0 Å². The van der Waals surface area contributed by atoms with E-state index in [4.69, 9.17) is 0 Å². The predicted octanol–water partition coefficient (Wildman–Crippen LogP) is 1.74. The fraction of sp³-hybridized carbons (Fsp3) is 0.500. The summed E-state index contributed by atoms with van der Waals surface area (Å²) < 4.78 is 1.42. The van der Waals surface area contributed by atoms with Gasteiger partial charge in [0.2, 0.25) is 0 Å². The van der Waals surface area contributed by atoms with Gasteiger partial charge in [0.25, 0.3) is 0 Å². The van der Waals surface area contributed by atoms with Crippen LogP contribution in [0.25, 0.3) is 0 Å². The van der Waals surface area contributed by atoms with Crippen molar-refractivity contribution in [3.8, 4) is 0 Å². The van der Waals surface area contributed by atoms with Crippen molar-refractivity contribution < 1.29 is 5.11 Å². The van der Waals surface area contributed by atoms with Crippen molar-refractivity contribution in [1.82, 2.24) is 0 Å². The zero-order valence-corrected chi connectivity index (χ0v) is 9.94. The average molecular weight is 255 g/mol. The third-order valence-electron chi connectivity index (χ3n) is 2.70.